The molecule has 2 amide bonds. The average Bonchev–Trinajstić information content (AvgIpc) is 2.90. The quantitative estimate of drug-likeness (QED) is 0.379. The van der Waals surface area contributed by atoms with Crippen LogP contribution in [0.25, 0.3) is 22.0 Å². The van der Waals surface area contributed by atoms with Gasteiger partial charge in [0, 0.05) is 48.1 Å². The first kappa shape index (κ1) is 25.8. The molecule has 1 fully saturated rings. The predicted octanol–water partition coefficient (Wildman–Crippen LogP) is 5.61. The molecule has 7 nitrogen and oxygen atoms in total. The van der Waals surface area contributed by atoms with Crippen LogP contribution in [0.3, 0.4) is 0 Å². The van der Waals surface area contributed by atoms with Crippen molar-refractivity contribution < 1.29 is 13.6 Å². The summed E-state index contributed by atoms with van der Waals surface area (Å²) >= 11 is 0. The summed E-state index contributed by atoms with van der Waals surface area (Å²) in [6.45, 7) is 3.28. The molecule has 5 rings (SSSR count). The molecular weight excluding hydrogens is 498 g/mol. The molecule has 1 saturated heterocycles. The second kappa shape index (κ2) is 10.8. The number of halogens is 3. The topological polar surface area (TPSA) is 85.2 Å². The molecule has 1 N–H and O–H groups in total. The van der Waals surface area contributed by atoms with Gasteiger partial charge in [0.05, 0.1) is 17.3 Å². The first-order valence-electron chi connectivity index (χ1n) is 11.5. The van der Waals surface area contributed by atoms with Crippen LogP contribution in [0.5, 0.6) is 0 Å². The zero-order valence-electron chi connectivity index (χ0n) is 19.9. The molecule has 1 aliphatic heterocycles. The van der Waals surface area contributed by atoms with Crippen molar-refractivity contribution in [3.63, 3.8) is 0 Å². The Labute approximate surface area is 218 Å². The molecule has 2 heterocycles. The number of amides is 2. The highest BCUT2D eigenvalue weighted by molar-refractivity contribution is 6.00. The first-order valence-corrected chi connectivity index (χ1v) is 11.5. The number of piperazine rings is 1. The van der Waals surface area contributed by atoms with E-state index in [-0.39, 0.29) is 24.1 Å². The highest BCUT2D eigenvalue weighted by Crippen LogP contribution is 2.33. The highest BCUT2D eigenvalue weighted by atomic mass is 35.5. The largest absolute Gasteiger partial charge is 0.348 e. The molecule has 10 heteroatoms. The zero-order chi connectivity index (χ0) is 25.2. The number of benzene rings is 3. The van der Waals surface area contributed by atoms with E-state index in [4.69, 9.17) is 5.26 Å². The van der Waals surface area contributed by atoms with E-state index in [1.807, 2.05) is 43.3 Å². The molecule has 0 radical (unpaired) electrons. The lowest BCUT2D eigenvalue weighted by molar-refractivity contribution is 0.200. The summed E-state index contributed by atoms with van der Waals surface area (Å²) in [7, 11) is 0. The number of hydrogen-bond donors (Lipinski definition) is 1. The van der Waals surface area contributed by atoms with Crippen LogP contribution >= 0.6 is 12.4 Å². The minimum absolute atomic E-state index is 0. The first-order chi connectivity index (χ1) is 17.4. The summed E-state index contributed by atoms with van der Waals surface area (Å²) in [6.07, 6.45) is 0. The second-order valence-corrected chi connectivity index (χ2v) is 8.65. The summed E-state index contributed by atoms with van der Waals surface area (Å²) in [4.78, 5) is 16.5. The Hall–Kier alpha value is -4.29. The number of nitriles is 1. The van der Waals surface area contributed by atoms with E-state index in [9.17, 15) is 13.6 Å². The van der Waals surface area contributed by atoms with E-state index in [1.165, 1.54) is 6.07 Å². The fourth-order valence-electron chi connectivity index (χ4n) is 4.46. The van der Waals surface area contributed by atoms with Gasteiger partial charge in [-0.2, -0.15) is 5.26 Å². The molecule has 1 aliphatic rings. The Kier molecular flexibility index (Phi) is 7.50. The van der Waals surface area contributed by atoms with Gasteiger partial charge in [0.25, 0.3) is 0 Å². The Morgan fingerprint density at radius 3 is 2.43 bits per heavy atom. The Morgan fingerprint density at radius 2 is 1.76 bits per heavy atom. The Balaban J connectivity index is 0.00000320. The van der Waals surface area contributed by atoms with Crippen molar-refractivity contribution in [2.75, 3.05) is 29.9 Å². The van der Waals surface area contributed by atoms with Gasteiger partial charge < -0.3 is 15.1 Å². The number of carbonyl (C=O) groups excluding carboxylic acids is 1. The zero-order valence-corrected chi connectivity index (χ0v) is 20.7. The standard InChI is InChI=1S/C27H22F2N6O.ClH/c1-17-16-34(27(36)31-24-11-10-20(28)14-23(24)29)12-13-35(17)26-22-5-3-2-4-21(22)25(32-33-26)19-8-6-18(15-30)7-9-19;/h2-11,14,17H,12-13,16H2,1H3,(H,31,36);1H/t17-;/m0./s1. The van der Waals surface area contributed by atoms with E-state index in [2.05, 4.69) is 26.5 Å². The van der Waals surface area contributed by atoms with Crippen LogP contribution < -0.4 is 10.2 Å². The number of rotatable bonds is 3. The maximum absolute atomic E-state index is 14.0. The van der Waals surface area contributed by atoms with Gasteiger partial charge in [0.15, 0.2) is 5.82 Å². The average molecular weight is 521 g/mol. The smallest absolute Gasteiger partial charge is 0.322 e. The van der Waals surface area contributed by atoms with Crippen LogP contribution in [0.1, 0.15) is 12.5 Å². The van der Waals surface area contributed by atoms with Crippen molar-refractivity contribution in [3.05, 3.63) is 83.9 Å². The molecule has 0 unspecified atom stereocenters. The molecule has 1 aromatic heterocycles. The fraction of sp³-hybridized carbons (Fsp3) is 0.185. The summed E-state index contributed by atoms with van der Waals surface area (Å²) < 4.78 is 27.1. The number of aromatic nitrogens is 2. The molecule has 0 bridgehead atoms. The lowest BCUT2D eigenvalue weighted by Crippen LogP contribution is -2.55. The third-order valence-electron chi connectivity index (χ3n) is 6.31. The van der Waals surface area contributed by atoms with Crippen molar-refractivity contribution >= 4 is 40.7 Å². The van der Waals surface area contributed by atoms with Gasteiger partial charge in [-0.05, 0) is 31.2 Å². The minimum atomic E-state index is -0.820. The molecule has 0 spiro atoms. The third-order valence-corrected chi connectivity index (χ3v) is 6.31. The Bertz CT molecular complexity index is 1490. The van der Waals surface area contributed by atoms with Crippen LogP contribution in [0.15, 0.2) is 66.7 Å². The number of nitrogens with one attached hydrogen (secondary N) is 1. The normalized spacial score (nSPS) is 15.1. The van der Waals surface area contributed by atoms with Crippen LogP contribution in [0.2, 0.25) is 0 Å². The van der Waals surface area contributed by atoms with Crippen LogP contribution in [-0.2, 0) is 0 Å². The summed E-state index contributed by atoms with van der Waals surface area (Å²) in [5, 5.41) is 22.6. The van der Waals surface area contributed by atoms with Gasteiger partial charge in [-0.1, -0.05) is 36.4 Å². The van der Waals surface area contributed by atoms with E-state index < -0.39 is 17.7 Å². The van der Waals surface area contributed by atoms with Crippen molar-refractivity contribution in [3.8, 4) is 17.3 Å². The fourth-order valence-corrected chi connectivity index (χ4v) is 4.46. The van der Waals surface area contributed by atoms with Crippen molar-refractivity contribution in [2.24, 2.45) is 0 Å². The van der Waals surface area contributed by atoms with Crippen molar-refractivity contribution in [2.45, 2.75) is 13.0 Å². The molecule has 3 aromatic carbocycles. The highest BCUT2D eigenvalue weighted by Gasteiger charge is 2.29. The van der Waals surface area contributed by atoms with Crippen LogP contribution in [0, 0.1) is 23.0 Å². The van der Waals surface area contributed by atoms with Gasteiger partial charge in [-0.3, -0.25) is 0 Å². The lowest BCUT2D eigenvalue weighted by atomic mass is 10.0. The molecule has 0 saturated carbocycles. The Morgan fingerprint density at radius 1 is 1.03 bits per heavy atom. The number of carbonyl (C=O) groups is 1. The van der Waals surface area contributed by atoms with Crippen LogP contribution in [0.4, 0.5) is 25.1 Å². The van der Waals surface area contributed by atoms with Crippen molar-refractivity contribution in [1.29, 1.82) is 5.26 Å². The monoisotopic (exact) mass is 520 g/mol. The SMILES string of the molecule is C[C@H]1CN(C(=O)Nc2ccc(F)cc2F)CCN1c1nnc(-c2ccc(C#N)cc2)c2ccccc12.Cl. The van der Waals surface area contributed by atoms with Crippen molar-refractivity contribution in [1.82, 2.24) is 15.1 Å². The van der Waals surface area contributed by atoms with Gasteiger partial charge in [-0.25, -0.2) is 13.6 Å². The molecule has 188 valence electrons. The minimum Gasteiger partial charge on any atom is -0.348 e. The number of hydrogen-bond acceptors (Lipinski definition) is 5. The van der Waals surface area contributed by atoms with E-state index in [1.54, 1.807) is 17.0 Å². The predicted molar refractivity (Wildman–Crippen MR) is 141 cm³/mol. The summed E-state index contributed by atoms with van der Waals surface area (Å²) in [6, 6.07) is 19.7. The van der Waals surface area contributed by atoms with E-state index in [0.717, 1.165) is 40.0 Å². The van der Waals surface area contributed by atoms with Gasteiger partial charge >= 0.3 is 6.03 Å². The third kappa shape index (κ3) is 5.15. The second-order valence-electron chi connectivity index (χ2n) is 8.65. The van der Waals surface area contributed by atoms with Gasteiger partial charge in [0.2, 0.25) is 0 Å². The number of anilines is 2. The summed E-state index contributed by atoms with van der Waals surface area (Å²) in [5.74, 6) is -0.800. The number of fused-ring (bicyclic) bond motifs is 1. The molecule has 37 heavy (non-hydrogen) atoms. The number of nitrogens with zero attached hydrogens (tertiary/aromatic N) is 5. The molecule has 1 atom stereocenters. The van der Waals surface area contributed by atoms with Crippen LogP contribution in [-0.4, -0.2) is 46.8 Å². The van der Waals surface area contributed by atoms with E-state index in [0.29, 0.717) is 25.2 Å². The maximum Gasteiger partial charge on any atom is 0.322 e. The lowest BCUT2D eigenvalue weighted by Gasteiger charge is -2.40. The van der Waals surface area contributed by atoms with E-state index >= 15 is 0 Å². The summed E-state index contributed by atoms with van der Waals surface area (Å²) in [5.41, 5.74) is 2.11. The molecular formula is C27H23ClF2N6O. The number of urea groups is 1. The van der Waals surface area contributed by atoms with Gasteiger partial charge in [-0.15, -0.1) is 22.6 Å². The maximum atomic E-state index is 14.0. The molecule has 4 aromatic rings. The molecule has 0 aliphatic carbocycles. The van der Waals surface area contributed by atoms with Gasteiger partial charge in [0.1, 0.15) is 17.3 Å².